The smallest absolute Gasteiger partial charge is 0.248 e. The van der Waals surface area contributed by atoms with Gasteiger partial charge in [-0.1, -0.05) is 18.2 Å². The lowest BCUT2D eigenvalue weighted by Crippen LogP contribution is -2.09. The van der Waals surface area contributed by atoms with Gasteiger partial charge in [0.15, 0.2) is 0 Å². The third kappa shape index (κ3) is 4.62. The summed E-state index contributed by atoms with van der Waals surface area (Å²) in [6.07, 6.45) is 3.33. The molecule has 0 saturated carbocycles. The molecule has 0 bridgehead atoms. The molecule has 0 aliphatic heterocycles. The quantitative estimate of drug-likeness (QED) is 0.335. The molecule has 3 aromatic carbocycles. The van der Waals surface area contributed by atoms with E-state index in [9.17, 15) is 4.79 Å². The van der Waals surface area contributed by atoms with Crippen molar-refractivity contribution in [2.45, 2.75) is 20.8 Å². The summed E-state index contributed by atoms with van der Waals surface area (Å²) >= 11 is 0. The molecule has 168 valence electrons. The van der Waals surface area contributed by atoms with Gasteiger partial charge in [-0.15, -0.1) is 0 Å². The largest absolute Gasteiger partial charge is 0.497 e. The van der Waals surface area contributed by atoms with E-state index in [0.717, 1.165) is 44.7 Å². The van der Waals surface area contributed by atoms with Crippen molar-refractivity contribution in [3.63, 3.8) is 0 Å². The van der Waals surface area contributed by atoms with E-state index in [0.29, 0.717) is 11.3 Å². The average molecular weight is 442 g/mol. The predicted octanol–water partition coefficient (Wildman–Crippen LogP) is 6.78. The zero-order valence-electron chi connectivity index (χ0n) is 19.5. The summed E-state index contributed by atoms with van der Waals surface area (Å²) in [6, 6.07) is 17.6. The van der Waals surface area contributed by atoms with Gasteiger partial charge in [-0.2, -0.15) is 0 Å². The van der Waals surface area contributed by atoms with E-state index in [4.69, 9.17) is 13.9 Å². The molecule has 0 saturated heterocycles. The number of furan rings is 1. The number of ether oxygens (including phenoxy) is 2. The number of benzene rings is 3. The van der Waals surface area contributed by atoms with Gasteiger partial charge in [0.2, 0.25) is 5.91 Å². The first kappa shape index (κ1) is 22.2. The number of methoxy groups -OCH3 is 2. The molecule has 33 heavy (non-hydrogen) atoms. The lowest BCUT2D eigenvalue weighted by atomic mass is 9.99. The number of rotatable bonds is 6. The van der Waals surface area contributed by atoms with Crippen molar-refractivity contribution < 1.29 is 18.7 Å². The molecule has 5 heteroatoms. The minimum atomic E-state index is -0.194. The zero-order valence-corrected chi connectivity index (χ0v) is 19.5. The molecule has 4 aromatic rings. The van der Waals surface area contributed by atoms with E-state index >= 15 is 0 Å². The first-order valence-corrected chi connectivity index (χ1v) is 10.7. The summed E-state index contributed by atoms with van der Waals surface area (Å²) in [6.45, 7) is 5.97. The number of hydrogen-bond donors (Lipinski definition) is 1. The Balaban J connectivity index is 1.68. The van der Waals surface area contributed by atoms with Crippen molar-refractivity contribution in [1.82, 2.24) is 0 Å². The summed E-state index contributed by atoms with van der Waals surface area (Å²) in [5, 5.41) is 3.88. The fourth-order valence-electron chi connectivity index (χ4n) is 3.80. The van der Waals surface area contributed by atoms with Crippen LogP contribution in [-0.4, -0.2) is 20.1 Å². The van der Waals surface area contributed by atoms with Gasteiger partial charge in [0.05, 0.1) is 20.5 Å². The maximum Gasteiger partial charge on any atom is 0.248 e. The number of carbonyl (C=O) groups excluding carboxylic acids is 1. The summed E-state index contributed by atoms with van der Waals surface area (Å²) in [4.78, 5) is 12.7. The zero-order chi connectivity index (χ0) is 23.5. The molecule has 0 radical (unpaired) electrons. The Bertz CT molecular complexity index is 1350. The Hall–Kier alpha value is -3.99. The second-order valence-electron chi connectivity index (χ2n) is 8.04. The van der Waals surface area contributed by atoms with Crippen LogP contribution in [0.1, 0.15) is 23.6 Å². The highest BCUT2D eigenvalue weighted by Gasteiger charge is 2.15. The van der Waals surface area contributed by atoms with E-state index in [1.165, 1.54) is 5.56 Å². The first-order chi connectivity index (χ1) is 15.9. The number of anilines is 1. The Morgan fingerprint density at radius 1 is 0.939 bits per heavy atom. The fraction of sp³-hybridized carbons (Fsp3) is 0.179. The summed E-state index contributed by atoms with van der Waals surface area (Å²) in [5.41, 5.74) is 7.40. The van der Waals surface area contributed by atoms with Crippen LogP contribution in [0.2, 0.25) is 0 Å². The van der Waals surface area contributed by atoms with Crippen LogP contribution in [0.25, 0.3) is 27.7 Å². The molecular formula is C28H27NO4. The maximum atomic E-state index is 12.7. The Kier molecular flexibility index (Phi) is 6.22. The van der Waals surface area contributed by atoms with Gasteiger partial charge in [-0.05, 0) is 73.4 Å². The van der Waals surface area contributed by atoms with Crippen LogP contribution in [0.4, 0.5) is 5.69 Å². The van der Waals surface area contributed by atoms with Crippen LogP contribution in [0, 0.1) is 13.8 Å². The molecule has 0 atom stereocenters. The second-order valence-corrected chi connectivity index (χ2v) is 8.04. The van der Waals surface area contributed by atoms with Gasteiger partial charge >= 0.3 is 0 Å². The standard InChI is InChI=1S/C28H27NO4/c1-17-6-9-21(12-18(17)2)29-28(30)13-19(3)23-14-24-25(16-33-27(24)15-26(23)32-5)20-7-10-22(31-4)11-8-20/h6-16H,1-5H3,(H,29,30)/b19-13+. The van der Waals surface area contributed by atoms with Crippen LogP contribution in [0.5, 0.6) is 11.5 Å². The highest BCUT2D eigenvalue weighted by molar-refractivity contribution is 6.05. The minimum absolute atomic E-state index is 0.194. The lowest BCUT2D eigenvalue weighted by molar-refractivity contribution is -0.111. The Morgan fingerprint density at radius 3 is 2.36 bits per heavy atom. The van der Waals surface area contributed by atoms with Crippen molar-refractivity contribution in [3.05, 3.63) is 83.6 Å². The monoisotopic (exact) mass is 441 g/mol. The maximum absolute atomic E-state index is 12.7. The molecule has 0 aliphatic carbocycles. The summed E-state index contributed by atoms with van der Waals surface area (Å²) in [7, 11) is 3.26. The number of aryl methyl sites for hydroxylation is 2. The minimum Gasteiger partial charge on any atom is -0.497 e. The fourth-order valence-corrected chi connectivity index (χ4v) is 3.80. The molecule has 0 fully saturated rings. The molecule has 1 aromatic heterocycles. The molecule has 0 unspecified atom stereocenters. The van der Waals surface area contributed by atoms with Gasteiger partial charge in [-0.3, -0.25) is 4.79 Å². The third-order valence-corrected chi connectivity index (χ3v) is 5.84. The summed E-state index contributed by atoms with van der Waals surface area (Å²) < 4.78 is 16.7. The number of allylic oxidation sites excluding steroid dienone is 1. The molecule has 4 rings (SSSR count). The van der Waals surface area contributed by atoms with Crippen LogP contribution in [0.15, 0.2) is 71.4 Å². The van der Waals surface area contributed by atoms with E-state index in [-0.39, 0.29) is 5.91 Å². The van der Waals surface area contributed by atoms with Crippen molar-refractivity contribution >= 4 is 28.1 Å². The van der Waals surface area contributed by atoms with Gasteiger partial charge < -0.3 is 19.2 Å². The van der Waals surface area contributed by atoms with Crippen molar-refractivity contribution in [2.24, 2.45) is 0 Å². The third-order valence-electron chi connectivity index (χ3n) is 5.84. The van der Waals surface area contributed by atoms with Crippen molar-refractivity contribution in [3.8, 4) is 22.6 Å². The van der Waals surface area contributed by atoms with E-state index in [1.807, 2.05) is 75.4 Å². The predicted molar refractivity (Wildman–Crippen MR) is 133 cm³/mol. The SMILES string of the molecule is COc1ccc(-c2coc3cc(OC)c(/C(C)=C/C(=O)Nc4ccc(C)c(C)c4)cc23)cc1. The van der Waals surface area contributed by atoms with Gasteiger partial charge in [0.25, 0.3) is 0 Å². The lowest BCUT2D eigenvalue weighted by Gasteiger charge is -2.11. The number of fused-ring (bicyclic) bond motifs is 1. The van der Waals surface area contributed by atoms with Gasteiger partial charge in [-0.25, -0.2) is 0 Å². The highest BCUT2D eigenvalue weighted by Crippen LogP contribution is 2.37. The molecule has 1 N–H and O–H groups in total. The topological polar surface area (TPSA) is 60.7 Å². The molecule has 1 amide bonds. The molecule has 1 heterocycles. The van der Waals surface area contributed by atoms with Gasteiger partial charge in [0, 0.05) is 34.3 Å². The number of carbonyl (C=O) groups is 1. The van der Waals surface area contributed by atoms with Crippen LogP contribution in [0.3, 0.4) is 0 Å². The Morgan fingerprint density at radius 2 is 1.70 bits per heavy atom. The van der Waals surface area contributed by atoms with Gasteiger partial charge in [0.1, 0.15) is 17.1 Å². The molecule has 0 spiro atoms. The van der Waals surface area contributed by atoms with Crippen molar-refractivity contribution in [2.75, 3.05) is 19.5 Å². The first-order valence-electron chi connectivity index (χ1n) is 10.7. The normalized spacial score (nSPS) is 11.5. The van der Waals surface area contributed by atoms with E-state index in [1.54, 1.807) is 26.6 Å². The summed E-state index contributed by atoms with van der Waals surface area (Å²) in [5.74, 6) is 1.24. The molecule has 5 nitrogen and oxygen atoms in total. The van der Waals surface area contributed by atoms with Crippen LogP contribution in [-0.2, 0) is 4.79 Å². The van der Waals surface area contributed by atoms with Crippen LogP contribution < -0.4 is 14.8 Å². The number of nitrogens with one attached hydrogen (secondary N) is 1. The van der Waals surface area contributed by atoms with E-state index < -0.39 is 0 Å². The second kappa shape index (κ2) is 9.25. The molecular weight excluding hydrogens is 414 g/mol. The number of amides is 1. The number of hydrogen-bond acceptors (Lipinski definition) is 4. The average Bonchev–Trinajstić information content (AvgIpc) is 3.23. The Labute approximate surface area is 193 Å². The highest BCUT2D eigenvalue weighted by atomic mass is 16.5. The van der Waals surface area contributed by atoms with Crippen LogP contribution >= 0.6 is 0 Å². The van der Waals surface area contributed by atoms with Crippen molar-refractivity contribution in [1.29, 1.82) is 0 Å². The molecule has 0 aliphatic rings. The van der Waals surface area contributed by atoms with E-state index in [2.05, 4.69) is 5.32 Å².